The zero-order valence-electron chi connectivity index (χ0n) is 14.6. The van der Waals surface area contributed by atoms with Crippen molar-refractivity contribution < 1.29 is 27.5 Å². The van der Waals surface area contributed by atoms with Crippen molar-refractivity contribution >= 4 is 39.1 Å². The number of anilines is 1. The van der Waals surface area contributed by atoms with E-state index in [9.17, 15) is 18.0 Å². The van der Waals surface area contributed by atoms with Crippen LogP contribution in [-0.2, 0) is 14.8 Å². The van der Waals surface area contributed by atoms with Crippen molar-refractivity contribution in [2.24, 2.45) is 0 Å². The number of hydrazine groups is 1. The zero-order chi connectivity index (χ0) is 20.3. The summed E-state index contributed by atoms with van der Waals surface area (Å²) in [6.07, 6.45) is -0.0215. The predicted molar refractivity (Wildman–Crippen MR) is 102 cm³/mol. The molecule has 3 rings (SSSR count). The number of halogens is 1. The number of amides is 2. The number of carbonyl (C=O) groups is 2. The van der Waals surface area contributed by atoms with Crippen molar-refractivity contribution in [1.29, 1.82) is 0 Å². The molecule has 0 saturated carbocycles. The molecule has 0 fully saturated rings. The minimum Gasteiger partial charge on any atom is -0.485 e. The van der Waals surface area contributed by atoms with Crippen LogP contribution in [0.25, 0.3) is 0 Å². The van der Waals surface area contributed by atoms with Gasteiger partial charge in [0.25, 0.3) is 11.8 Å². The summed E-state index contributed by atoms with van der Waals surface area (Å²) in [6, 6.07) is 10.9. The smallest absolute Gasteiger partial charge is 0.283 e. The van der Waals surface area contributed by atoms with E-state index >= 15 is 0 Å². The molecule has 148 valence electrons. The van der Waals surface area contributed by atoms with Gasteiger partial charge >= 0.3 is 0 Å². The second-order valence-corrected chi connectivity index (χ2v) is 8.06. The van der Waals surface area contributed by atoms with E-state index in [1.54, 1.807) is 24.3 Å². The van der Waals surface area contributed by atoms with Crippen molar-refractivity contribution in [1.82, 2.24) is 10.9 Å². The molecule has 0 aromatic heterocycles. The first-order chi connectivity index (χ1) is 13.2. The van der Waals surface area contributed by atoms with Crippen LogP contribution in [0.3, 0.4) is 0 Å². The third-order valence-electron chi connectivity index (χ3n) is 3.62. The van der Waals surface area contributed by atoms with Gasteiger partial charge in [0.2, 0.25) is 16.1 Å². The summed E-state index contributed by atoms with van der Waals surface area (Å²) in [5.41, 5.74) is 4.39. The predicted octanol–water partition coefficient (Wildman–Crippen LogP) is 1.31. The summed E-state index contributed by atoms with van der Waals surface area (Å²) in [5.74, 6) is -0.470. The highest BCUT2D eigenvalue weighted by Crippen LogP contribution is 2.30. The molecule has 1 aliphatic heterocycles. The molecule has 0 radical (unpaired) electrons. The average molecular weight is 426 g/mol. The quantitative estimate of drug-likeness (QED) is 0.635. The molecule has 2 aromatic rings. The van der Waals surface area contributed by atoms with E-state index in [0.29, 0.717) is 11.5 Å². The maximum absolute atomic E-state index is 12.4. The summed E-state index contributed by atoms with van der Waals surface area (Å²) in [4.78, 5) is 24.7. The van der Waals surface area contributed by atoms with Crippen LogP contribution in [-0.4, -0.2) is 39.2 Å². The Morgan fingerprint density at radius 3 is 2.54 bits per heavy atom. The van der Waals surface area contributed by atoms with Crippen molar-refractivity contribution in [3.05, 3.63) is 53.1 Å². The Labute approximate surface area is 166 Å². The molecule has 3 N–H and O–H groups in total. The molecule has 0 spiro atoms. The van der Waals surface area contributed by atoms with E-state index in [2.05, 4.69) is 15.6 Å². The summed E-state index contributed by atoms with van der Waals surface area (Å²) in [5, 5.41) is 0.219. The maximum atomic E-state index is 12.4. The standard InChI is InChI=1S/C17H16ClN3O6S/c1-28(24,25)21-12-7-6-10(18)8-11(12)16(22)19-20-17(23)15-9-26-13-4-2-3-5-14(13)27-15/h2-8,15,21H,9H2,1H3,(H,19,22)(H,20,23)/t15-/m0/s1. The number of hydrogen-bond acceptors (Lipinski definition) is 6. The van der Waals surface area contributed by atoms with E-state index < -0.39 is 27.9 Å². The monoisotopic (exact) mass is 425 g/mol. The minimum absolute atomic E-state index is 0.0184. The van der Waals surface area contributed by atoms with Gasteiger partial charge in [0.05, 0.1) is 17.5 Å². The molecule has 0 aliphatic carbocycles. The Hall–Kier alpha value is -2.98. The van der Waals surface area contributed by atoms with E-state index in [0.717, 1.165) is 6.26 Å². The van der Waals surface area contributed by atoms with Crippen molar-refractivity contribution in [2.75, 3.05) is 17.6 Å². The largest absolute Gasteiger partial charge is 0.485 e. The third-order valence-corrected chi connectivity index (χ3v) is 4.45. The molecule has 2 amide bonds. The summed E-state index contributed by atoms with van der Waals surface area (Å²) >= 11 is 5.88. The number of benzene rings is 2. The lowest BCUT2D eigenvalue weighted by molar-refractivity contribution is -0.131. The molecule has 9 nitrogen and oxygen atoms in total. The lowest BCUT2D eigenvalue weighted by Gasteiger charge is -2.25. The molecule has 28 heavy (non-hydrogen) atoms. The van der Waals surface area contributed by atoms with Gasteiger partial charge in [-0.3, -0.25) is 25.2 Å². The number of fused-ring (bicyclic) bond motifs is 1. The second-order valence-electron chi connectivity index (χ2n) is 5.87. The molecule has 0 unspecified atom stereocenters. The van der Waals surface area contributed by atoms with Crippen LogP contribution in [0.5, 0.6) is 11.5 Å². The van der Waals surface area contributed by atoms with Gasteiger partial charge in [-0.2, -0.15) is 0 Å². The number of sulfonamides is 1. The van der Waals surface area contributed by atoms with E-state index in [1.807, 2.05) is 0 Å². The van der Waals surface area contributed by atoms with Gasteiger partial charge in [-0.15, -0.1) is 0 Å². The summed E-state index contributed by atoms with van der Waals surface area (Å²) in [6.45, 7) is -0.0310. The van der Waals surface area contributed by atoms with Crippen LogP contribution in [0.2, 0.25) is 5.02 Å². The highest BCUT2D eigenvalue weighted by Gasteiger charge is 2.27. The Morgan fingerprint density at radius 2 is 1.82 bits per heavy atom. The fourth-order valence-corrected chi connectivity index (χ4v) is 3.16. The van der Waals surface area contributed by atoms with Gasteiger partial charge < -0.3 is 9.47 Å². The van der Waals surface area contributed by atoms with Crippen molar-refractivity contribution in [3.63, 3.8) is 0 Å². The van der Waals surface area contributed by atoms with Gasteiger partial charge in [0.15, 0.2) is 11.5 Å². The van der Waals surface area contributed by atoms with E-state index in [1.165, 1.54) is 18.2 Å². The lowest BCUT2D eigenvalue weighted by Crippen LogP contribution is -2.50. The van der Waals surface area contributed by atoms with Crippen LogP contribution in [0.15, 0.2) is 42.5 Å². The van der Waals surface area contributed by atoms with Gasteiger partial charge in [-0.1, -0.05) is 23.7 Å². The minimum atomic E-state index is -3.62. The molecule has 1 heterocycles. The molecule has 1 atom stereocenters. The van der Waals surface area contributed by atoms with Crippen LogP contribution in [0.4, 0.5) is 5.69 Å². The van der Waals surface area contributed by atoms with E-state index in [4.69, 9.17) is 21.1 Å². The maximum Gasteiger partial charge on any atom is 0.283 e. The van der Waals surface area contributed by atoms with Crippen LogP contribution in [0.1, 0.15) is 10.4 Å². The normalized spacial score (nSPS) is 15.4. The second kappa shape index (κ2) is 7.95. The number of rotatable bonds is 4. The SMILES string of the molecule is CS(=O)(=O)Nc1ccc(Cl)cc1C(=O)NNC(=O)[C@@H]1COc2ccccc2O1. The molecule has 2 aromatic carbocycles. The molecular formula is C17H16ClN3O6S. The fraction of sp³-hybridized carbons (Fsp3) is 0.176. The average Bonchev–Trinajstić information content (AvgIpc) is 2.65. The Kier molecular flexibility index (Phi) is 5.61. The zero-order valence-corrected chi connectivity index (χ0v) is 16.1. The number of hydrogen-bond donors (Lipinski definition) is 3. The number of para-hydroxylation sites is 2. The third kappa shape index (κ3) is 4.84. The van der Waals surface area contributed by atoms with Gasteiger partial charge in [-0.05, 0) is 30.3 Å². The highest BCUT2D eigenvalue weighted by atomic mass is 35.5. The topological polar surface area (TPSA) is 123 Å². The number of nitrogens with one attached hydrogen (secondary N) is 3. The molecule has 1 aliphatic rings. The Morgan fingerprint density at radius 1 is 1.11 bits per heavy atom. The fourth-order valence-electron chi connectivity index (χ4n) is 2.41. The van der Waals surface area contributed by atoms with Crippen molar-refractivity contribution in [3.8, 4) is 11.5 Å². The van der Waals surface area contributed by atoms with Crippen LogP contribution < -0.4 is 25.0 Å². The first-order valence-corrected chi connectivity index (χ1v) is 10.3. The van der Waals surface area contributed by atoms with Crippen molar-refractivity contribution in [2.45, 2.75) is 6.10 Å². The molecule has 11 heteroatoms. The van der Waals surface area contributed by atoms with Crippen LogP contribution >= 0.6 is 11.6 Å². The number of ether oxygens (including phenoxy) is 2. The van der Waals surface area contributed by atoms with Crippen LogP contribution in [0, 0.1) is 0 Å². The van der Waals surface area contributed by atoms with Gasteiger partial charge in [-0.25, -0.2) is 8.42 Å². The van der Waals surface area contributed by atoms with Gasteiger partial charge in [0, 0.05) is 5.02 Å². The molecule has 0 bridgehead atoms. The first kappa shape index (κ1) is 19.8. The summed E-state index contributed by atoms with van der Waals surface area (Å²) in [7, 11) is -3.62. The molecule has 0 saturated heterocycles. The first-order valence-electron chi connectivity index (χ1n) is 7.99. The highest BCUT2D eigenvalue weighted by molar-refractivity contribution is 7.92. The summed E-state index contributed by atoms with van der Waals surface area (Å²) < 4.78 is 36.1. The van der Waals surface area contributed by atoms with Gasteiger partial charge in [0.1, 0.15) is 6.61 Å². The Bertz CT molecular complexity index is 1030. The van der Waals surface area contributed by atoms with E-state index in [-0.39, 0.29) is 22.9 Å². The Balaban J connectivity index is 1.66. The lowest BCUT2D eigenvalue weighted by atomic mass is 10.2. The molecular weight excluding hydrogens is 410 g/mol. The number of carbonyl (C=O) groups excluding carboxylic acids is 2.